The van der Waals surface area contributed by atoms with Crippen LogP contribution in [0.4, 0.5) is 5.69 Å². The van der Waals surface area contributed by atoms with Crippen LogP contribution in [-0.4, -0.2) is 32.2 Å². The standard InChI is InChI=1S/C16H20N8/c17-10-12-6-8-14(9-7-12)20-16(19-13-4-2-1-3-5-13)24-22-15(11-18)21-23-24/h6-9,13H,1-5,11,18H2,(H,19,20). The Hall–Kier alpha value is -2.79. The molecule has 1 aromatic carbocycles. The van der Waals surface area contributed by atoms with E-state index in [0.29, 0.717) is 17.3 Å². The van der Waals surface area contributed by atoms with Crippen molar-refractivity contribution in [2.75, 3.05) is 5.32 Å². The van der Waals surface area contributed by atoms with Gasteiger partial charge in [0.2, 0.25) is 5.96 Å². The molecule has 0 saturated heterocycles. The number of hydrogen-bond acceptors (Lipinski definition) is 6. The Balaban J connectivity index is 1.85. The summed E-state index contributed by atoms with van der Waals surface area (Å²) in [6.45, 7) is 0.230. The number of nitrogens with zero attached hydrogens (tertiary/aromatic N) is 6. The molecule has 1 heterocycles. The molecule has 0 unspecified atom stereocenters. The van der Waals surface area contributed by atoms with Crippen LogP contribution in [0.3, 0.4) is 0 Å². The van der Waals surface area contributed by atoms with E-state index in [1.165, 1.54) is 24.1 Å². The number of hydrogen-bond donors (Lipinski definition) is 2. The predicted octanol–water partition coefficient (Wildman–Crippen LogP) is 1.65. The van der Waals surface area contributed by atoms with Gasteiger partial charge in [0.1, 0.15) is 0 Å². The summed E-state index contributed by atoms with van der Waals surface area (Å²) in [6.07, 6.45) is 5.78. The van der Waals surface area contributed by atoms with Gasteiger partial charge < -0.3 is 11.1 Å². The van der Waals surface area contributed by atoms with Crippen molar-refractivity contribution >= 4 is 11.6 Å². The third kappa shape index (κ3) is 3.94. The van der Waals surface area contributed by atoms with E-state index < -0.39 is 0 Å². The maximum absolute atomic E-state index is 8.90. The number of rotatable bonds is 3. The lowest BCUT2D eigenvalue weighted by atomic mass is 9.96. The number of nitriles is 1. The van der Waals surface area contributed by atoms with Gasteiger partial charge in [-0.3, -0.25) is 0 Å². The summed E-state index contributed by atoms with van der Waals surface area (Å²) in [5.74, 6) is 0.992. The van der Waals surface area contributed by atoms with Gasteiger partial charge in [0, 0.05) is 5.69 Å². The van der Waals surface area contributed by atoms with Crippen LogP contribution in [0.5, 0.6) is 0 Å². The lowest BCUT2D eigenvalue weighted by Crippen LogP contribution is -2.27. The summed E-state index contributed by atoms with van der Waals surface area (Å²) in [6, 6.07) is 9.52. The van der Waals surface area contributed by atoms with Gasteiger partial charge in [0.15, 0.2) is 5.82 Å². The lowest BCUT2D eigenvalue weighted by molar-refractivity contribution is 0.441. The van der Waals surface area contributed by atoms with Crippen molar-refractivity contribution in [1.29, 1.82) is 5.26 Å². The van der Waals surface area contributed by atoms with E-state index in [0.717, 1.165) is 18.5 Å². The van der Waals surface area contributed by atoms with Gasteiger partial charge in [-0.2, -0.15) is 5.26 Å². The molecular weight excluding hydrogens is 304 g/mol. The van der Waals surface area contributed by atoms with Gasteiger partial charge in [0.25, 0.3) is 0 Å². The van der Waals surface area contributed by atoms with E-state index in [4.69, 9.17) is 16.0 Å². The van der Waals surface area contributed by atoms with Gasteiger partial charge in [-0.15, -0.1) is 10.2 Å². The van der Waals surface area contributed by atoms with E-state index in [2.05, 4.69) is 26.8 Å². The van der Waals surface area contributed by atoms with Crippen molar-refractivity contribution < 1.29 is 0 Å². The van der Waals surface area contributed by atoms with Gasteiger partial charge in [-0.1, -0.05) is 24.1 Å². The SMILES string of the molecule is N#Cc1ccc(NC(=NC2CCCCC2)n2nnc(CN)n2)cc1. The number of tetrazole rings is 1. The van der Waals surface area contributed by atoms with E-state index in [9.17, 15) is 0 Å². The molecule has 8 nitrogen and oxygen atoms in total. The molecule has 0 bridgehead atoms. The van der Waals surface area contributed by atoms with E-state index in [-0.39, 0.29) is 12.6 Å². The number of aliphatic imine (C=N–C) groups is 1. The second kappa shape index (κ2) is 7.66. The molecule has 1 aliphatic carbocycles. The average Bonchev–Trinajstić information content (AvgIpc) is 3.12. The van der Waals surface area contributed by atoms with Crippen LogP contribution in [0, 0.1) is 11.3 Å². The van der Waals surface area contributed by atoms with Crippen LogP contribution in [0.15, 0.2) is 29.3 Å². The number of anilines is 1. The number of nitrogens with one attached hydrogen (secondary N) is 1. The molecule has 24 heavy (non-hydrogen) atoms. The van der Waals surface area contributed by atoms with Gasteiger partial charge in [-0.05, 0) is 42.3 Å². The molecule has 1 saturated carbocycles. The first-order chi connectivity index (χ1) is 11.8. The number of nitrogens with two attached hydrogens (primary N) is 1. The van der Waals surface area contributed by atoms with Crippen LogP contribution in [-0.2, 0) is 6.54 Å². The minimum absolute atomic E-state index is 0.230. The van der Waals surface area contributed by atoms with Gasteiger partial charge in [-0.25, -0.2) is 4.99 Å². The molecule has 1 aliphatic rings. The van der Waals surface area contributed by atoms with Crippen molar-refractivity contribution in [3.05, 3.63) is 35.7 Å². The molecule has 2 aromatic rings. The second-order valence-corrected chi connectivity index (χ2v) is 5.76. The Morgan fingerprint density at radius 2 is 2.04 bits per heavy atom. The van der Waals surface area contributed by atoms with Crippen LogP contribution in [0.25, 0.3) is 0 Å². The summed E-state index contributed by atoms with van der Waals surface area (Å²) < 4.78 is 0. The normalized spacial score (nSPS) is 15.9. The fourth-order valence-electron chi connectivity index (χ4n) is 2.69. The van der Waals surface area contributed by atoms with Gasteiger partial charge in [0.05, 0.1) is 24.2 Å². The summed E-state index contributed by atoms with van der Waals surface area (Å²) in [5.41, 5.74) is 6.98. The van der Waals surface area contributed by atoms with Crippen LogP contribution >= 0.6 is 0 Å². The van der Waals surface area contributed by atoms with Crippen molar-refractivity contribution in [2.45, 2.75) is 44.7 Å². The second-order valence-electron chi connectivity index (χ2n) is 5.76. The van der Waals surface area contributed by atoms with Crippen molar-refractivity contribution in [3.63, 3.8) is 0 Å². The topological polar surface area (TPSA) is 118 Å². The minimum atomic E-state index is 0.230. The predicted molar refractivity (Wildman–Crippen MR) is 90.2 cm³/mol. The third-order valence-corrected chi connectivity index (χ3v) is 3.98. The molecule has 3 rings (SSSR count). The Morgan fingerprint density at radius 1 is 1.29 bits per heavy atom. The fraction of sp³-hybridized carbons (Fsp3) is 0.438. The fourth-order valence-corrected chi connectivity index (χ4v) is 2.69. The molecule has 8 heteroatoms. The zero-order valence-corrected chi connectivity index (χ0v) is 13.4. The summed E-state index contributed by atoms with van der Waals surface area (Å²) in [7, 11) is 0. The first kappa shape index (κ1) is 16.1. The highest BCUT2D eigenvalue weighted by molar-refractivity contribution is 5.94. The average molecular weight is 324 g/mol. The summed E-state index contributed by atoms with van der Waals surface area (Å²) in [5, 5.41) is 24.3. The molecule has 1 aromatic heterocycles. The molecule has 0 atom stereocenters. The van der Waals surface area contributed by atoms with E-state index in [1.807, 2.05) is 12.1 Å². The number of benzene rings is 1. The Labute approximate surface area is 140 Å². The molecule has 0 radical (unpaired) electrons. The molecule has 0 amide bonds. The highest BCUT2D eigenvalue weighted by Gasteiger charge is 2.16. The first-order valence-corrected chi connectivity index (χ1v) is 8.13. The molecule has 0 spiro atoms. The molecule has 3 N–H and O–H groups in total. The molecule has 0 aliphatic heterocycles. The van der Waals surface area contributed by atoms with Gasteiger partial charge >= 0.3 is 0 Å². The van der Waals surface area contributed by atoms with Crippen molar-refractivity contribution in [3.8, 4) is 6.07 Å². The largest absolute Gasteiger partial charge is 0.324 e. The maximum Gasteiger partial charge on any atom is 0.244 e. The smallest absolute Gasteiger partial charge is 0.244 e. The quantitative estimate of drug-likeness (QED) is 0.654. The highest BCUT2D eigenvalue weighted by atomic mass is 15.6. The summed E-state index contributed by atoms with van der Waals surface area (Å²) in [4.78, 5) is 6.17. The van der Waals surface area contributed by atoms with E-state index >= 15 is 0 Å². The van der Waals surface area contributed by atoms with Crippen molar-refractivity contribution in [2.24, 2.45) is 10.7 Å². The Kier molecular flexibility index (Phi) is 5.13. The minimum Gasteiger partial charge on any atom is -0.324 e. The monoisotopic (exact) mass is 324 g/mol. The highest BCUT2D eigenvalue weighted by Crippen LogP contribution is 2.20. The number of aromatic nitrogens is 4. The Bertz CT molecular complexity index is 734. The first-order valence-electron chi connectivity index (χ1n) is 8.13. The Morgan fingerprint density at radius 3 is 2.67 bits per heavy atom. The zero-order chi connectivity index (χ0) is 16.8. The van der Waals surface area contributed by atoms with Crippen LogP contribution < -0.4 is 11.1 Å². The molecule has 124 valence electrons. The third-order valence-electron chi connectivity index (χ3n) is 3.98. The molecular formula is C16H20N8. The lowest BCUT2D eigenvalue weighted by Gasteiger charge is -2.19. The molecule has 1 fully saturated rings. The van der Waals surface area contributed by atoms with Crippen LogP contribution in [0.1, 0.15) is 43.5 Å². The maximum atomic E-state index is 8.90. The van der Waals surface area contributed by atoms with Crippen molar-refractivity contribution in [1.82, 2.24) is 20.2 Å². The van der Waals surface area contributed by atoms with Crippen LogP contribution in [0.2, 0.25) is 0 Å². The summed E-state index contributed by atoms with van der Waals surface area (Å²) >= 11 is 0. The van der Waals surface area contributed by atoms with E-state index in [1.54, 1.807) is 12.1 Å². The zero-order valence-electron chi connectivity index (χ0n) is 13.4.